The summed E-state index contributed by atoms with van der Waals surface area (Å²) >= 11 is 9.62. The molecule has 3 rings (SSSR count). The summed E-state index contributed by atoms with van der Waals surface area (Å²) < 4.78 is 11.8. The predicted octanol–water partition coefficient (Wildman–Crippen LogP) is 4.93. The summed E-state index contributed by atoms with van der Waals surface area (Å²) in [5, 5.41) is 1.39. The highest BCUT2D eigenvalue weighted by molar-refractivity contribution is 9.08. The van der Waals surface area contributed by atoms with Gasteiger partial charge in [0.25, 0.3) is 0 Å². The molecule has 2 aromatic carbocycles. The molecule has 0 aliphatic carbocycles. The first-order chi connectivity index (χ1) is 10.2. The van der Waals surface area contributed by atoms with Crippen LogP contribution in [-0.2, 0) is 11.8 Å². The van der Waals surface area contributed by atoms with Crippen LogP contribution in [0, 0.1) is 6.92 Å². The van der Waals surface area contributed by atoms with Crippen molar-refractivity contribution in [1.82, 2.24) is 0 Å². The highest BCUT2D eigenvalue weighted by atomic mass is 79.9. The molecular formula is C17H16BrClO2. The van der Waals surface area contributed by atoms with Crippen molar-refractivity contribution in [3.05, 3.63) is 58.1 Å². The molecule has 2 aromatic rings. The molecule has 110 valence electrons. The minimum Gasteiger partial charge on any atom is -0.489 e. The zero-order chi connectivity index (χ0) is 14.8. The van der Waals surface area contributed by atoms with E-state index in [1.165, 1.54) is 11.1 Å². The molecule has 1 atom stereocenters. The lowest BCUT2D eigenvalue weighted by atomic mass is 10.1. The Morgan fingerprint density at radius 3 is 3.00 bits per heavy atom. The number of hydrogen-bond acceptors (Lipinski definition) is 2. The molecule has 2 nitrogen and oxygen atoms in total. The third-order valence-electron chi connectivity index (χ3n) is 3.59. The van der Waals surface area contributed by atoms with Crippen LogP contribution in [0.4, 0.5) is 0 Å². The van der Waals surface area contributed by atoms with Crippen molar-refractivity contribution in [2.45, 2.75) is 24.8 Å². The van der Waals surface area contributed by atoms with E-state index in [4.69, 9.17) is 21.1 Å². The first-order valence-corrected chi connectivity index (χ1v) is 8.39. The number of halogens is 2. The van der Waals surface area contributed by atoms with E-state index in [0.717, 1.165) is 28.5 Å². The highest BCUT2D eigenvalue weighted by Crippen LogP contribution is 2.32. The van der Waals surface area contributed by atoms with E-state index in [1.807, 2.05) is 24.3 Å². The van der Waals surface area contributed by atoms with Gasteiger partial charge in [-0.15, -0.1) is 0 Å². The molecule has 1 aliphatic heterocycles. The van der Waals surface area contributed by atoms with E-state index in [2.05, 4.69) is 35.0 Å². The SMILES string of the molecule is Cc1ccc2c(c1)CC(COc1cccc(Cl)c1CBr)O2. The maximum absolute atomic E-state index is 6.17. The molecule has 0 saturated carbocycles. The standard InChI is InChI=1S/C17H16BrClO2/c1-11-5-6-16-12(7-11)8-13(21-16)10-20-17-4-2-3-15(19)14(17)9-18/h2-7,13H,8-10H2,1H3. The Bertz CT molecular complexity index is 657. The van der Waals surface area contributed by atoms with E-state index in [0.29, 0.717) is 11.9 Å². The van der Waals surface area contributed by atoms with Gasteiger partial charge in [-0.25, -0.2) is 0 Å². The van der Waals surface area contributed by atoms with E-state index in [9.17, 15) is 0 Å². The maximum Gasteiger partial charge on any atom is 0.137 e. The van der Waals surface area contributed by atoms with Crippen LogP contribution >= 0.6 is 27.5 Å². The number of ether oxygens (including phenoxy) is 2. The summed E-state index contributed by atoms with van der Waals surface area (Å²) in [5.41, 5.74) is 3.50. The van der Waals surface area contributed by atoms with E-state index in [1.54, 1.807) is 0 Å². The maximum atomic E-state index is 6.17. The first kappa shape index (κ1) is 14.7. The topological polar surface area (TPSA) is 18.5 Å². The largest absolute Gasteiger partial charge is 0.489 e. The lowest BCUT2D eigenvalue weighted by molar-refractivity contribution is 0.148. The molecule has 0 radical (unpaired) electrons. The minimum absolute atomic E-state index is 0.0592. The summed E-state index contributed by atoms with van der Waals surface area (Å²) in [7, 11) is 0. The number of benzene rings is 2. The van der Waals surface area contributed by atoms with Crippen LogP contribution in [0.25, 0.3) is 0 Å². The van der Waals surface area contributed by atoms with Gasteiger partial charge in [0.2, 0.25) is 0 Å². The monoisotopic (exact) mass is 366 g/mol. The normalized spacial score (nSPS) is 16.4. The third-order valence-corrected chi connectivity index (χ3v) is 4.51. The molecule has 0 N–H and O–H groups in total. The molecule has 0 saturated heterocycles. The number of alkyl halides is 1. The van der Waals surface area contributed by atoms with Crippen LogP contribution in [0.15, 0.2) is 36.4 Å². The van der Waals surface area contributed by atoms with Crippen molar-refractivity contribution in [2.75, 3.05) is 6.61 Å². The fourth-order valence-electron chi connectivity index (χ4n) is 2.53. The van der Waals surface area contributed by atoms with Crippen LogP contribution < -0.4 is 9.47 Å². The van der Waals surface area contributed by atoms with Crippen molar-refractivity contribution in [3.63, 3.8) is 0 Å². The van der Waals surface area contributed by atoms with Crippen molar-refractivity contribution in [2.24, 2.45) is 0 Å². The lowest BCUT2D eigenvalue weighted by Crippen LogP contribution is -2.22. The summed E-state index contributed by atoms with van der Waals surface area (Å²) in [6.45, 7) is 2.62. The van der Waals surface area contributed by atoms with Gasteiger partial charge in [-0.2, -0.15) is 0 Å². The van der Waals surface area contributed by atoms with Crippen LogP contribution in [0.2, 0.25) is 5.02 Å². The summed E-state index contributed by atoms with van der Waals surface area (Å²) in [4.78, 5) is 0. The molecule has 21 heavy (non-hydrogen) atoms. The second kappa shape index (κ2) is 6.29. The van der Waals surface area contributed by atoms with Crippen molar-refractivity contribution in [3.8, 4) is 11.5 Å². The van der Waals surface area contributed by atoms with Crippen LogP contribution in [-0.4, -0.2) is 12.7 Å². The van der Waals surface area contributed by atoms with Crippen molar-refractivity contribution >= 4 is 27.5 Å². The highest BCUT2D eigenvalue weighted by Gasteiger charge is 2.23. The number of rotatable bonds is 4. The summed E-state index contributed by atoms with van der Waals surface area (Å²) in [5.74, 6) is 1.79. The molecule has 0 aromatic heterocycles. The van der Waals surface area contributed by atoms with Crippen LogP contribution in [0.3, 0.4) is 0 Å². The molecule has 0 amide bonds. The third kappa shape index (κ3) is 3.19. The molecule has 0 fully saturated rings. The van der Waals surface area contributed by atoms with Crippen molar-refractivity contribution in [1.29, 1.82) is 0 Å². The number of hydrogen-bond donors (Lipinski definition) is 0. The fraction of sp³-hybridized carbons (Fsp3) is 0.294. The van der Waals surface area contributed by atoms with Crippen LogP contribution in [0.1, 0.15) is 16.7 Å². The molecule has 1 heterocycles. The van der Waals surface area contributed by atoms with E-state index >= 15 is 0 Å². The van der Waals surface area contributed by atoms with Gasteiger partial charge in [-0.05, 0) is 30.7 Å². The first-order valence-electron chi connectivity index (χ1n) is 6.89. The Morgan fingerprint density at radius 1 is 1.33 bits per heavy atom. The van der Waals surface area contributed by atoms with Gasteiger partial charge in [0.1, 0.15) is 24.2 Å². The van der Waals surface area contributed by atoms with Gasteiger partial charge in [0, 0.05) is 22.3 Å². The number of fused-ring (bicyclic) bond motifs is 1. The average molecular weight is 368 g/mol. The van der Waals surface area contributed by atoms with Gasteiger partial charge in [-0.3, -0.25) is 0 Å². The van der Waals surface area contributed by atoms with E-state index in [-0.39, 0.29) is 6.10 Å². The lowest BCUT2D eigenvalue weighted by Gasteiger charge is -2.15. The molecular weight excluding hydrogens is 352 g/mol. The molecule has 0 spiro atoms. The second-order valence-corrected chi connectivity index (χ2v) is 6.18. The second-order valence-electron chi connectivity index (χ2n) is 5.22. The quantitative estimate of drug-likeness (QED) is 0.714. The van der Waals surface area contributed by atoms with E-state index < -0.39 is 0 Å². The minimum atomic E-state index is 0.0592. The Kier molecular flexibility index (Phi) is 4.41. The van der Waals surface area contributed by atoms with Crippen molar-refractivity contribution < 1.29 is 9.47 Å². The Labute approximate surface area is 138 Å². The van der Waals surface area contributed by atoms with Gasteiger partial charge in [0.15, 0.2) is 0 Å². The zero-order valence-corrected chi connectivity index (χ0v) is 14.1. The molecule has 4 heteroatoms. The van der Waals surface area contributed by atoms with Gasteiger partial charge in [0.05, 0.1) is 0 Å². The van der Waals surface area contributed by atoms with Gasteiger partial charge in [-0.1, -0.05) is 51.3 Å². The molecule has 1 unspecified atom stereocenters. The summed E-state index contributed by atoms with van der Waals surface area (Å²) in [6, 6.07) is 12.0. The molecule has 0 bridgehead atoms. The molecule has 1 aliphatic rings. The predicted molar refractivity (Wildman–Crippen MR) is 88.9 cm³/mol. The van der Waals surface area contributed by atoms with Gasteiger partial charge >= 0.3 is 0 Å². The Balaban J connectivity index is 1.66. The summed E-state index contributed by atoms with van der Waals surface area (Å²) in [6.07, 6.45) is 0.949. The van der Waals surface area contributed by atoms with Crippen LogP contribution in [0.5, 0.6) is 11.5 Å². The Hall–Kier alpha value is -1.19. The smallest absolute Gasteiger partial charge is 0.137 e. The number of aryl methyl sites for hydroxylation is 1. The van der Waals surface area contributed by atoms with Gasteiger partial charge < -0.3 is 9.47 Å². The zero-order valence-electron chi connectivity index (χ0n) is 11.7. The Morgan fingerprint density at radius 2 is 2.19 bits per heavy atom. The average Bonchev–Trinajstić information content (AvgIpc) is 2.87. The fourth-order valence-corrected chi connectivity index (χ4v) is 3.50.